The van der Waals surface area contributed by atoms with Gasteiger partial charge in [0.25, 0.3) is 0 Å². The van der Waals surface area contributed by atoms with Crippen LogP contribution in [0, 0.1) is 12.7 Å². The number of nitrogens with zero attached hydrogens (tertiary/aromatic N) is 3. The number of aromatic nitrogens is 3. The zero-order chi connectivity index (χ0) is 30.0. The van der Waals surface area contributed by atoms with Gasteiger partial charge in [-0.25, -0.2) is 27.7 Å². The number of ether oxygens (including phenoxy) is 2. The maximum absolute atomic E-state index is 15.5. The van der Waals surface area contributed by atoms with Gasteiger partial charge in [-0.2, -0.15) is 4.72 Å². The van der Waals surface area contributed by atoms with Crippen LogP contribution in [-0.2, 0) is 14.8 Å². The van der Waals surface area contributed by atoms with E-state index in [1.165, 1.54) is 31.4 Å². The molecule has 0 aliphatic carbocycles. The number of hydrogen-bond acceptors (Lipinski definition) is 9. The molecule has 1 aliphatic heterocycles. The van der Waals surface area contributed by atoms with Crippen molar-refractivity contribution in [1.29, 1.82) is 0 Å². The van der Waals surface area contributed by atoms with Crippen molar-refractivity contribution in [3.8, 4) is 16.9 Å². The molecule has 1 fully saturated rings. The molecule has 222 valence electrons. The minimum atomic E-state index is -4.31. The third-order valence-electron chi connectivity index (χ3n) is 7.23. The average Bonchev–Trinajstić information content (AvgIpc) is 3.42. The Bertz CT molecular complexity index is 1740. The van der Waals surface area contributed by atoms with Crippen LogP contribution in [0.25, 0.3) is 11.1 Å². The number of halogens is 2. The number of morpholine rings is 1. The standard InChI is InChI=1S/C28H29ClFN5O6S/c1-16-20(18-4-9-24(31-15-18)35-10-12-40-13-11-35)6-7-21(30)25(16)17(2)26(27-32-33-28(36)41-27)34-42(37,38)23-8-5-19(29)14-22(23)39-3/h4-9,14-15,17,26,34H,10-13H2,1-3H3,(H,33,36)/t17-,26+/m1/s1. The highest BCUT2D eigenvalue weighted by molar-refractivity contribution is 7.89. The van der Waals surface area contributed by atoms with E-state index in [1.54, 1.807) is 26.1 Å². The molecule has 0 unspecified atom stereocenters. The molecule has 2 aromatic carbocycles. The Morgan fingerprint density at radius 2 is 1.93 bits per heavy atom. The number of H-pyrrole nitrogens is 1. The largest absolute Gasteiger partial charge is 0.495 e. The summed E-state index contributed by atoms with van der Waals surface area (Å²) in [7, 11) is -3.00. The van der Waals surface area contributed by atoms with Crippen LogP contribution in [0.5, 0.6) is 5.75 Å². The molecule has 11 nitrogen and oxygen atoms in total. The molecule has 0 saturated carbocycles. The summed E-state index contributed by atoms with van der Waals surface area (Å²) in [5.41, 5.74) is 2.25. The van der Waals surface area contributed by atoms with Crippen LogP contribution in [0.2, 0.25) is 5.02 Å². The van der Waals surface area contributed by atoms with E-state index in [0.29, 0.717) is 24.3 Å². The third kappa shape index (κ3) is 6.04. The SMILES string of the molecule is COc1cc(Cl)ccc1S(=O)(=O)N[C@H](c1n[nH]c(=O)o1)[C@H](C)c1c(F)ccc(-c2ccc(N3CCOCC3)nc2)c1C. The maximum Gasteiger partial charge on any atom is 0.434 e. The smallest absolute Gasteiger partial charge is 0.434 e. The Kier molecular flexibility index (Phi) is 8.64. The van der Waals surface area contributed by atoms with Crippen LogP contribution >= 0.6 is 11.6 Å². The Hall–Kier alpha value is -3.78. The van der Waals surface area contributed by atoms with Crippen LogP contribution in [0.4, 0.5) is 10.2 Å². The Morgan fingerprint density at radius 3 is 2.57 bits per heavy atom. The van der Waals surface area contributed by atoms with Crippen LogP contribution < -0.4 is 20.1 Å². The Labute approximate surface area is 246 Å². The predicted molar refractivity (Wildman–Crippen MR) is 154 cm³/mol. The molecule has 0 bridgehead atoms. The van der Waals surface area contributed by atoms with Gasteiger partial charge in [-0.05, 0) is 53.9 Å². The first-order valence-electron chi connectivity index (χ1n) is 13.1. The van der Waals surface area contributed by atoms with Gasteiger partial charge in [0.05, 0.1) is 20.3 Å². The minimum absolute atomic E-state index is 0.00210. The number of sulfonamides is 1. The van der Waals surface area contributed by atoms with E-state index in [9.17, 15) is 13.2 Å². The summed E-state index contributed by atoms with van der Waals surface area (Å²) in [5.74, 6) is -1.77. The number of pyridine rings is 1. The van der Waals surface area contributed by atoms with Gasteiger partial charge >= 0.3 is 5.76 Å². The monoisotopic (exact) mass is 617 g/mol. The van der Waals surface area contributed by atoms with Gasteiger partial charge in [0, 0.05) is 41.9 Å². The summed E-state index contributed by atoms with van der Waals surface area (Å²) in [6.07, 6.45) is 1.72. The van der Waals surface area contributed by atoms with Crippen molar-refractivity contribution < 1.29 is 26.7 Å². The molecule has 3 heterocycles. The lowest BCUT2D eigenvalue weighted by Crippen LogP contribution is -2.36. The van der Waals surface area contributed by atoms with E-state index in [-0.39, 0.29) is 27.1 Å². The Morgan fingerprint density at radius 1 is 1.17 bits per heavy atom. The average molecular weight is 618 g/mol. The quantitative estimate of drug-likeness (QED) is 0.283. The number of hydrogen-bond donors (Lipinski definition) is 2. The highest BCUT2D eigenvalue weighted by Crippen LogP contribution is 2.39. The lowest BCUT2D eigenvalue weighted by Gasteiger charge is -2.28. The fourth-order valence-electron chi connectivity index (χ4n) is 5.09. The van der Waals surface area contributed by atoms with Crippen molar-refractivity contribution in [3.63, 3.8) is 0 Å². The number of rotatable bonds is 9. The number of nitrogens with one attached hydrogen (secondary N) is 2. The normalized spacial score (nSPS) is 15.4. The first kappa shape index (κ1) is 29.7. The summed E-state index contributed by atoms with van der Waals surface area (Å²) in [6, 6.07) is 9.54. The molecule has 14 heteroatoms. The van der Waals surface area contributed by atoms with Crippen molar-refractivity contribution in [3.05, 3.63) is 87.1 Å². The zero-order valence-corrected chi connectivity index (χ0v) is 24.6. The van der Waals surface area contributed by atoms with Crippen LogP contribution in [-0.4, -0.2) is 57.0 Å². The molecule has 1 aliphatic rings. The molecule has 0 amide bonds. The lowest BCUT2D eigenvalue weighted by atomic mass is 9.86. The van der Waals surface area contributed by atoms with E-state index >= 15 is 4.39 Å². The molecule has 42 heavy (non-hydrogen) atoms. The second kappa shape index (κ2) is 12.2. The molecule has 2 atom stereocenters. The van der Waals surface area contributed by atoms with Gasteiger partial charge in [0.2, 0.25) is 15.9 Å². The Balaban J connectivity index is 1.52. The second-order valence-electron chi connectivity index (χ2n) is 9.77. The molecule has 2 aromatic heterocycles. The molecular weight excluding hydrogens is 589 g/mol. The van der Waals surface area contributed by atoms with Gasteiger partial charge < -0.3 is 18.8 Å². The van der Waals surface area contributed by atoms with E-state index in [4.69, 9.17) is 25.5 Å². The van der Waals surface area contributed by atoms with Crippen molar-refractivity contribution in [2.24, 2.45) is 0 Å². The first-order chi connectivity index (χ1) is 20.1. The summed E-state index contributed by atoms with van der Waals surface area (Å²) in [4.78, 5) is 18.4. The first-order valence-corrected chi connectivity index (χ1v) is 14.9. The molecule has 4 aromatic rings. The summed E-state index contributed by atoms with van der Waals surface area (Å²) in [5, 5.41) is 6.28. The molecule has 5 rings (SSSR count). The summed E-state index contributed by atoms with van der Waals surface area (Å²) < 4.78 is 61.0. The van der Waals surface area contributed by atoms with Gasteiger partial charge in [-0.15, -0.1) is 5.10 Å². The summed E-state index contributed by atoms with van der Waals surface area (Å²) >= 11 is 6.02. The van der Waals surface area contributed by atoms with Gasteiger partial charge in [0.15, 0.2) is 0 Å². The fraction of sp³-hybridized carbons (Fsp3) is 0.321. The maximum atomic E-state index is 15.5. The van der Waals surface area contributed by atoms with Gasteiger partial charge in [-0.3, -0.25) is 0 Å². The topological polar surface area (TPSA) is 140 Å². The third-order valence-corrected chi connectivity index (χ3v) is 8.94. The van der Waals surface area contributed by atoms with Crippen molar-refractivity contribution in [2.75, 3.05) is 38.3 Å². The highest BCUT2D eigenvalue weighted by Gasteiger charge is 2.34. The molecule has 0 spiro atoms. The number of benzene rings is 2. The van der Waals surface area contributed by atoms with E-state index in [0.717, 1.165) is 24.5 Å². The van der Waals surface area contributed by atoms with Crippen LogP contribution in [0.15, 0.2) is 62.8 Å². The molecule has 2 N–H and O–H groups in total. The molecule has 1 saturated heterocycles. The second-order valence-corrected chi connectivity index (χ2v) is 11.9. The zero-order valence-electron chi connectivity index (χ0n) is 23.1. The van der Waals surface area contributed by atoms with Crippen molar-refractivity contribution in [2.45, 2.75) is 30.7 Å². The van der Waals surface area contributed by atoms with Gasteiger partial charge in [-0.1, -0.05) is 24.6 Å². The lowest BCUT2D eigenvalue weighted by molar-refractivity contribution is 0.122. The number of anilines is 1. The van der Waals surface area contributed by atoms with Crippen LogP contribution in [0.3, 0.4) is 0 Å². The number of methoxy groups -OCH3 is 1. The van der Waals surface area contributed by atoms with E-state index in [2.05, 4.69) is 24.8 Å². The highest BCUT2D eigenvalue weighted by atomic mass is 35.5. The van der Waals surface area contributed by atoms with Crippen molar-refractivity contribution >= 4 is 27.4 Å². The van der Waals surface area contributed by atoms with Crippen molar-refractivity contribution in [1.82, 2.24) is 19.9 Å². The minimum Gasteiger partial charge on any atom is -0.495 e. The predicted octanol–water partition coefficient (Wildman–Crippen LogP) is 4.19. The van der Waals surface area contributed by atoms with E-state index in [1.807, 2.05) is 12.1 Å². The molecular formula is C28H29ClFN5O6S. The summed E-state index contributed by atoms with van der Waals surface area (Å²) in [6.45, 7) is 6.12. The fourth-order valence-corrected chi connectivity index (χ4v) is 6.68. The van der Waals surface area contributed by atoms with Crippen LogP contribution in [0.1, 0.15) is 35.9 Å². The number of aromatic amines is 1. The van der Waals surface area contributed by atoms with E-state index < -0.39 is 33.6 Å². The van der Waals surface area contributed by atoms with Gasteiger partial charge in [0.1, 0.15) is 28.3 Å². The molecule has 0 radical (unpaired) electrons.